The molecule has 4 heteroatoms. The molecular formula is C15H20Cl2N2. The Morgan fingerprint density at radius 3 is 2.58 bits per heavy atom. The van der Waals surface area contributed by atoms with Gasteiger partial charge in [-0.15, -0.1) is 0 Å². The summed E-state index contributed by atoms with van der Waals surface area (Å²) in [4.78, 5) is 2.55. The molecule has 3 rings (SSSR count). The predicted molar refractivity (Wildman–Crippen MR) is 80.7 cm³/mol. The molecule has 1 atom stereocenters. The Bertz CT molecular complexity index is 469. The van der Waals surface area contributed by atoms with Crippen molar-refractivity contribution in [1.29, 1.82) is 0 Å². The lowest BCUT2D eigenvalue weighted by Gasteiger charge is -2.35. The van der Waals surface area contributed by atoms with Crippen molar-refractivity contribution >= 4 is 23.2 Å². The number of hydrogen-bond acceptors (Lipinski definition) is 2. The fraction of sp³-hybridized carbons (Fsp3) is 0.600. The van der Waals surface area contributed by atoms with Crippen molar-refractivity contribution in [2.45, 2.75) is 50.7 Å². The van der Waals surface area contributed by atoms with Gasteiger partial charge in [-0.1, -0.05) is 42.5 Å². The first kappa shape index (κ1) is 13.7. The molecule has 19 heavy (non-hydrogen) atoms. The van der Waals surface area contributed by atoms with E-state index >= 15 is 0 Å². The van der Waals surface area contributed by atoms with E-state index in [1.165, 1.54) is 43.2 Å². The fourth-order valence-electron chi connectivity index (χ4n) is 3.66. The van der Waals surface area contributed by atoms with Gasteiger partial charge in [-0.3, -0.25) is 4.90 Å². The molecule has 0 saturated heterocycles. The Hall–Kier alpha value is -0.280. The largest absolute Gasteiger partial charge is 0.329 e. The second-order valence-electron chi connectivity index (χ2n) is 5.68. The summed E-state index contributed by atoms with van der Waals surface area (Å²) in [6.45, 7) is 1.58. The highest BCUT2D eigenvalue weighted by Gasteiger charge is 2.36. The second-order valence-corrected chi connectivity index (χ2v) is 6.52. The highest BCUT2D eigenvalue weighted by Crippen LogP contribution is 2.42. The summed E-state index contributed by atoms with van der Waals surface area (Å²) in [5, 5.41) is 1.50. The van der Waals surface area contributed by atoms with Gasteiger partial charge in [0.2, 0.25) is 0 Å². The minimum Gasteiger partial charge on any atom is -0.329 e. The number of benzene rings is 1. The highest BCUT2D eigenvalue weighted by molar-refractivity contribution is 6.35. The number of fused-ring (bicyclic) bond motifs is 1. The number of hydrogen-bond donors (Lipinski definition) is 1. The van der Waals surface area contributed by atoms with Crippen molar-refractivity contribution in [3.05, 3.63) is 33.3 Å². The fourth-order valence-corrected chi connectivity index (χ4v) is 4.33. The average molecular weight is 299 g/mol. The van der Waals surface area contributed by atoms with Crippen molar-refractivity contribution in [2.24, 2.45) is 5.73 Å². The summed E-state index contributed by atoms with van der Waals surface area (Å²) in [5.41, 5.74) is 8.49. The summed E-state index contributed by atoms with van der Waals surface area (Å²) in [5.74, 6) is 0. The van der Waals surface area contributed by atoms with Gasteiger partial charge in [0.05, 0.1) is 0 Å². The van der Waals surface area contributed by atoms with Crippen LogP contribution in [0.25, 0.3) is 0 Å². The van der Waals surface area contributed by atoms with E-state index in [1.54, 1.807) is 0 Å². The monoisotopic (exact) mass is 298 g/mol. The van der Waals surface area contributed by atoms with E-state index in [4.69, 9.17) is 28.9 Å². The third-order valence-electron chi connectivity index (χ3n) is 4.53. The minimum absolute atomic E-state index is 0.267. The van der Waals surface area contributed by atoms with Crippen LogP contribution in [0.5, 0.6) is 0 Å². The molecule has 0 bridgehead atoms. The molecule has 1 saturated carbocycles. The minimum atomic E-state index is 0.267. The standard InChI is InChI=1S/C15H20Cl2N2/c16-11-6-10-9-19(12-4-2-1-3-5-12)14(8-18)15(10)13(17)7-11/h6-7,12,14H,1-5,8-9,18H2. The van der Waals surface area contributed by atoms with E-state index < -0.39 is 0 Å². The molecule has 1 aliphatic carbocycles. The van der Waals surface area contributed by atoms with E-state index in [-0.39, 0.29) is 6.04 Å². The van der Waals surface area contributed by atoms with Crippen LogP contribution < -0.4 is 5.73 Å². The zero-order valence-corrected chi connectivity index (χ0v) is 12.6. The maximum absolute atomic E-state index is 6.39. The number of halogens is 2. The zero-order valence-electron chi connectivity index (χ0n) is 11.0. The summed E-state index contributed by atoms with van der Waals surface area (Å²) >= 11 is 12.5. The van der Waals surface area contributed by atoms with Crippen molar-refractivity contribution in [3.63, 3.8) is 0 Å². The van der Waals surface area contributed by atoms with Gasteiger partial charge in [0.15, 0.2) is 0 Å². The van der Waals surface area contributed by atoms with Crippen LogP contribution in [0.15, 0.2) is 12.1 Å². The van der Waals surface area contributed by atoms with Gasteiger partial charge in [-0.05, 0) is 36.1 Å². The van der Waals surface area contributed by atoms with Gasteiger partial charge < -0.3 is 5.73 Å². The Labute approximate surface area is 124 Å². The molecule has 0 aromatic heterocycles. The van der Waals surface area contributed by atoms with Gasteiger partial charge in [0, 0.05) is 35.2 Å². The van der Waals surface area contributed by atoms with E-state index in [2.05, 4.69) is 4.90 Å². The lowest BCUT2D eigenvalue weighted by atomic mass is 9.93. The topological polar surface area (TPSA) is 29.3 Å². The third-order valence-corrected chi connectivity index (χ3v) is 5.06. The van der Waals surface area contributed by atoms with Crippen LogP contribution in [0, 0.1) is 0 Å². The van der Waals surface area contributed by atoms with E-state index in [9.17, 15) is 0 Å². The molecule has 0 amide bonds. The van der Waals surface area contributed by atoms with Crippen molar-refractivity contribution < 1.29 is 0 Å². The van der Waals surface area contributed by atoms with Crippen LogP contribution in [0.3, 0.4) is 0 Å². The Morgan fingerprint density at radius 1 is 1.16 bits per heavy atom. The van der Waals surface area contributed by atoms with E-state index in [0.29, 0.717) is 12.6 Å². The third kappa shape index (κ3) is 2.52. The molecule has 0 radical (unpaired) electrons. The van der Waals surface area contributed by atoms with Crippen LogP contribution in [0.4, 0.5) is 0 Å². The molecule has 1 aromatic carbocycles. The van der Waals surface area contributed by atoms with E-state index in [0.717, 1.165) is 16.6 Å². The first-order chi connectivity index (χ1) is 9.20. The van der Waals surface area contributed by atoms with Crippen molar-refractivity contribution in [3.8, 4) is 0 Å². The number of rotatable bonds is 2. The number of nitrogens with two attached hydrogens (primary N) is 1. The molecule has 1 aliphatic heterocycles. The highest BCUT2D eigenvalue weighted by atomic mass is 35.5. The summed E-state index contributed by atoms with van der Waals surface area (Å²) in [6.07, 6.45) is 6.62. The lowest BCUT2D eigenvalue weighted by molar-refractivity contribution is 0.117. The molecule has 1 aromatic rings. The van der Waals surface area contributed by atoms with Crippen LogP contribution in [-0.4, -0.2) is 17.5 Å². The Morgan fingerprint density at radius 2 is 1.89 bits per heavy atom. The normalized spacial score (nSPS) is 24.7. The molecule has 1 heterocycles. The average Bonchev–Trinajstić information content (AvgIpc) is 2.78. The Kier molecular flexibility index (Phi) is 4.04. The summed E-state index contributed by atoms with van der Waals surface area (Å²) < 4.78 is 0. The maximum Gasteiger partial charge on any atom is 0.0494 e. The van der Waals surface area contributed by atoms with Gasteiger partial charge in [-0.25, -0.2) is 0 Å². The molecule has 0 spiro atoms. The molecule has 1 fully saturated rings. The second kappa shape index (κ2) is 5.61. The molecule has 1 unspecified atom stereocenters. The van der Waals surface area contributed by atoms with E-state index in [1.807, 2.05) is 12.1 Å². The molecule has 2 N–H and O–H groups in total. The maximum atomic E-state index is 6.39. The first-order valence-corrected chi connectivity index (χ1v) is 7.90. The quantitative estimate of drug-likeness (QED) is 0.889. The predicted octanol–water partition coefficient (Wildman–Crippen LogP) is 4.14. The molecular weight excluding hydrogens is 279 g/mol. The van der Waals surface area contributed by atoms with Gasteiger partial charge in [0.25, 0.3) is 0 Å². The van der Waals surface area contributed by atoms with Crippen molar-refractivity contribution in [2.75, 3.05) is 6.54 Å². The van der Waals surface area contributed by atoms with Gasteiger partial charge in [0.1, 0.15) is 0 Å². The summed E-state index contributed by atoms with van der Waals surface area (Å²) in [7, 11) is 0. The first-order valence-electron chi connectivity index (χ1n) is 7.14. The van der Waals surface area contributed by atoms with Crippen LogP contribution >= 0.6 is 23.2 Å². The number of nitrogens with zero attached hydrogens (tertiary/aromatic N) is 1. The Balaban J connectivity index is 1.91. The van der Waals surface area contributed by atoms with Gasteiger partial charge in [-0.2, -0.15) is 0 Å². The van der Waals surface area contributed by atoms with Crippen LogP contribution in [-0.2, 0) is 6.54 Å². The SMILES string of the molecule is NCC1c2c(Cl)cc(Cl)cc2CN1C1CCCCC1. The zero-order chi connectivity index (χ0) is 13.4. The lowest BCUT2D eigenvalue weighted by Crippen LogP contribution is -2.38. The van der Waals surface area contributed by atoms with Crippen LogP contribution in [0.1, 0.15) is 49.3 Å². The molecule has 2 nitrogen and oxygen atoms in total. The van der Waals surface area contributed by atoms with Crippen LogP contribution in [0.2, 0.25) is 10.0 Å². The molecule has 2 aliphatic rings. The molecule has 104 valence electrons. The van der Waals surface area contributed by atoms with Gasteiger partial charge >= 0.3 is 0 Å². The summed E-state index contributed by atoms with van der Waals surface area (Å²) in [6, 6.07) is 4.82. The van der Waals surface area contributed by atoms with Crippen molar-refractivity contribution in [1.82, 2.24) is 4.90 Å². The smallest absolute Gasteiger partial charge is 0.0494 e.